The van der Waals surface area contributed by atoms with E-state index in [1.165, 1.54) is 55.8 Å². The van der Waals surface area contributed by atoms with Gasteiger partial charge in [-0.25, -0.2) is 0 Å². The van der Waals surface area contributed by atoms with E-state index in [0.29, 0.717) is 5.92 Å². The highest BCUT2D eigenvalue weighted by Crippen LogP contribution is 2.51. The lowest BCUT2D eigenvalue weighted by Crippen LogP contribution is -2.16. The van der Waals surface area contributed by atoms with Crippen LogP contribution in [0, 0.1) is 0 Å². The SMILES string of the molecule is CC(C)c1ccc(N(c2ccc(C=Cc3ccccc3)cc2)c2ccc3c(c2)C(C)(C)c2cc(C=Cc4ccccc4)ccc2-3)cc1. The van der Waals surface area contributed by atoms with Crippen LogP contribution in [0.5, 0.6) is 0 Å². The van der Waals surface area contributed by atoms with Gasteiger partial charge in [-0.2, -0.15) is 0 Å². The van der Waals surface area contributed by atoms with Crippen LogP contribution in [0.2, 0.25) is 0 Å². The maximum Gasteiger partial charge on any atom is 0.0465 e. The summed E-state index contributed by atoms with van der Waals surface area (Å²) in [6.45, 7) is 9.22. The van der Waals surface area contributed by atoms with Crippen molar-refractivity contribution in [1.29, 1.82) is 0 Å². The average Bonchev–Trinajstić information content (AvgIpc) is 3.33. The number of hydrogen-bond acceptors (Lipinski definition) is 1. The molecule has 0 saturated heterocycles. The Morgan fingerprint density at radius 1 is 0.447 bits per heavy atom. The minimum absolute atomic E-state index is 0.128. The summed E-state index contributed by atoms with van der Waals surface area (Å²) in [5.41, 5.74) is 14.9. The normalized spacial score (nSPS) is 13.3. The summed E-state index contributed by atoms with van der Waals surface area (Å²) in [4.78, 5) is 2.39. The lowest BCUT2D eigenvalue weighted by molar-refractivity contribution is 0.660. The molecule has 0 unspecified atom stereocenters. The van der Waals surface area contributed by atoms with Crippen molar-refractivity contribution in [2.75, 3.05) is 4.90 Å². The Hall–Kier alpha value is -5.40. The minimum Gasteiger partial charge on any atom is -0.310 e. The summed E-state index contributed by atoms with van der Waals surface area (Å²) >= 11 is 0. The molecule has 0 aliphatic heterocycles. The lowest BCUT2D eigenvalue weighted by atomic mass is 9.81. The van der Waals surface area contributed by atoms with E-state index in [4.69, 9.17) is 0 Å². The molecule has 47 heavy (non-hydrogen) atoms. The third-order valence-corrected chi connectivity index (χ3v) is 9.45. The molecule has 7 rings (SSSR count). The molecule has 0 amide bonds. The molecule has 1 aliphatic carbocycles. The maximum atomic E-state index is 2.41. The molecular weight excluding hydrogens is 567 g/mol. The summed E-state index contributed by atoms with van der Waals surface area (Å²) in [6.07, 6.45) is 8.77. The van der Waals surface area contributed by atoms with Gasteiger partial charge in [0.25, 0.3) is 0 Å². The van der Waals surface area contributed by atoms with Gasteiger partial charge in [-0.15, -0.1) is 0 Å². The standard InChI is InChI=1S/C46H41N/c1-33(2)38-22-26-40(27-23-38)47(39-24-19-36(20-25-39)16-15-34-11-7-5-8-12-34)41-28-30-43-42-29-21-37(18-17-35-13-9-6-10-14-35)31-44(42)46(3,4)45(43)32-41/h5-33H,1-4H3. The van der Waals surface area contributed by atoms with E-state index < -0.39 is 0 Å². The Morgan fingerprint density at radius 2 is 0.872 bits per heavy atom. The average molecular weight is 608 g/mol. The third-order valence-electron chi connectivity index (χ3n) is 9.45. The summed E-state index contributed by atoms with van der Waals surface area (Å²) in [5.74, 6) is 0.486. The second-order valence-electron chi connectivity index (χ2n) is 13.3. The fraction of sp³-hybridized carbons (Fsp3) is 0.130. The second kappa shape index (κ2) is 12.8. The quantitative estimate of drug-likeness (QED) is 0.156. The summed E-state index contributed by atoms with van der Waals surface area (Å²) in [7, 11) is 0. The predicted octanol–water partition coefficient (Wildman–Crippen LogP) is 12.9. The molecule has 6 aromatic rings. The van der Waals surface area contributed by atoms with Gasteiger partial charge in [0, 0.05) is 22.5 Å². The highest BCUT2D eigenvalue weighted by atomic mass is 15.1. The summed E-state index contributed by atoms with van der Waals surface area (Å²) in [6, 6.07) is 52.8. The number of rotatable bonds is 8. The number of benzene rings is 6. The molecule has 0 atom stereocenters. The molecule has 6 aromatic carbocycles. The van der Waals surface area contributed by atoms with Crippen LogP contribution in [-0.4, -0.2) is 0 Å². The van der Waals surface area contributed by atoms with Crippen molar-refractivity contribution in [3.8, 4) is 11.1 Å². The zero-order valence-corrected chi connectivity index (χ0v) is 27.7. The zero-order valence-electron chi connectivity index (χ0n) is 27.7. The Balaban J connectivity index is 1.25. The topological polar surface area (TPSA) is 3.24 Å². The highest BCUT2D eigenvalue weighted by molar-refractivity contribution is 5.87. The van der Waals surface area contributed by atoms with E-state index >= 15 is 0 Å². The van der Waals surface area contributed by atoms with Crippen molar-refractivity contribution in [2.24, 2.45) is 0 Å². The fourth-order valence-electron chi connectivity index (χ4n) is 6.69. The molecule has 0 radical (unpaired) electrons. The van der Waals surface area contributed by atoms with Crippen molar-refractivity contribution in [3.63, 3.8) is 0 Å². The van der Waals surface area contributed by atoms with Gasteiger partial charge in [0.1, 0.15) is 0 Å². The van der Waals surface area contributed by atoms with Crippen molar-refractivity contribution in [3.05, 3.63) is 185 Å². The van der Waals surface area contributed by atoms with E-state index in [1.807, 2.05) is 0 Å². The van der Waals surface area contributed by atoms with Crippen LogP contribution in [0.3, 0.4) is 0 Å². The van der Waals surface area contributed by atoms with Gasteiger partial charge in [-0.3, -0.25) is 0 Å². The summed E-state index contributed by atoms with van der Waals surface area (Å²) < 4.78 is 0. The maximum absolute atomic E-state index is 2.41. The first-order valence-corrected chi connectivity index (χ1v) is 16.6. The first-order chi connectivity index (χ1) is 22.9. The predicted molar refractivity (Wildman–Crippen MR) is 204 cm³/mol. The van der Waals surface area contributed by atoms with Gasteiger partial charge in [-0.1, -0.05) is 161 Å². The van der Waals surface area contributed by atoms with Gasteiger partial charge in [-0.05, 0) is 92.4 Å². The molecule has 1 nitrogen and oxygen atoms in total. The van der Waals surface area contributed by atoms with E-state index in [-0.39, 0.29) is 5.41 Å². The van der Waals surface area contributed by atoms with Crippen molar-refractivity contribution < 1.29 is 0 Å². The van der Waals surface area contributed by atoms with Gasteiger partial charge >= 0.3 is 0 Å². The first kappa shape index (κ1) is 30.3. The number of nitrogens with zero attached hydrogens (tertiary/aromatic N) is 1. The van der Waals surface area contributed by atoms with E-state index in [0.717, 1.165) is 11.4 Å². The van der Waals surface area contributed by atoms with Crippen LogP contribution in [-0.2, 0) is 5.41 Å². The molecule has 0 fully saturated rings. The van der Waals surface area contributed by atoms with Gasteiger partial charge in [0.05, 0.1) is 0 Å². The second-order valence-corrected chi connectivity index (χ2v) is 13.3. The zero-order chi connectivity index (χ0) is 32.4. The van der Waals surface area contributed by atoms with Crippen LogP contribution in [0.15, 0.2) is 146 Å². The Kier molecular flexibility index (Phi) is 8.23. The van der Waals surface area contributed by atoms with E-state index in [9.17, 15) is 0 Å². The molecule has 1 aliphatic rings. The van der Waals surface area contributed by atoms with Crippen LogP contribution >= 0.6 is 0 Å². The lowest BCUT2D eigenvalue weighted by Gasteiger charge is -2.28. The third kappa shape index (κ3) is 6.22. The van der Waals surface area contributed by atoms with Gasteiger partial charge < -0.3 is 4.90 Å². The molecule has 0 bridgehead atoms. The molecule has 0 saturated carbocycles. The highest BCUT2D eigenvalue weighted by Gasteiger charge is 2.36. The first-order valence-electron chi connectivity index (χ1n) is 16.6. The van der Waals surface area contributed by atoms with Gasteiger partial charge in [0.15, 0.2) is 0 Å². The Bertz CT molecular complexity index is 2050. The largest absolute Gasteiger partial charge is 0.310 e. The summed E-state index contributed by atoms with van der Waals surface area (Å²) in [5, 5.41) is 0. The molecule has 0 heterocycles. The van der Waals surface area contributed by atoms with Crippen LogP contribution < -0.4 is 4.90 Å². The van der Waals surface area contributed by atoms with Crippen molar-refractivity contribution in [1.82, 2.24) is 0 Å². The molecule has 230 valence electrons. The number of fused-ring (bicyclic) bond motifs is 3. The van der Waals surface area contributed by atoms with Crippen molar-refractivity contribution >= 4 is 41.4 Å². The number of anilines is 3. The Labute approximate surface area is 280 Å². The molecule has 0 spiro atoms. The van der Waals surface area contributed by atoms with E-state index in [2.05, 4.69) is 202 Å². The monoisotopic (exact) mass is 607 g/mol. The minimum atomic E-state index is -0.128. The van der Waals surface area contributed by atoms with Crippen molar-refractivity contribution in [2.45, 2.75) is 39.0 Å². The van der Waals surface area contributed by atoms with E-state index in [1.54, 1.807) is 0 Å². The molecule has 0 aromatic heterocycles. The van der Waals surface area contributed by atoms with Gasteiger partial charge in [0.2, 0.25) is 0 Å². The molecular formula is C46H41N. The smallest absolute Gasteiger partial charge is 0.0465 e. The number of hydrogen-bond donors (Lipinski definition) is 0. The Morgan fingerprint density at radius 3 is 1.43 bits per heavy atom. The van der Waals surface area contributed by atoms with Crippen LogP contribution in [0.25, 0.3) is 35.4 Å². The fourth-order valence-corrected chi connectivity index (χ4v) is 6.69. The van der Waals surface area contributed by atoms with Crippen LogP contribution in [0.4, 0.5) is 17.1 Å². The molecule has 0 N–H and O–H groups in total. The molecule has 1 heteroatoms. The van der Waals surface area contributed by atoms with Crippen LogP contribution in [0.1, 0.15) is 72.6 Å².